The summed E-state index contributed by atoms with van der Waals surface area (Å²) in [7, 11) is 1.64. The molecule has 0 saturated carbocycles. The second kappa shape index (κ2) is 6.65. The Bertz CT molecular complexity index is 1090. The number of methoxy groups -OCH3 is 1. The molecular weight excluding hydrogens is 346 g/mol. The molecule has 0 bridgehead atoms. The van der Waals surface area contributed by atoms with Crippen molar-refractivity contribution in [1.29, 1.82) is 0 Å². The van der Waals surface area contributed by atoms with Crippen molar-refractivity contribution in [3.8, 4) is 27.8 Å². The monoisotopic (exact) mass is 363 g/mol. The van der Waals surface area contributed by atoms with E-state index in [0.29, 0.717) is 0 Å². The third-order valence-corrected chi connectivity index (χ3v) is 5.39. The third-order valence-electron chi connectivity index (χ3n) is 4.09. The Morgan fingerprint density at radius 1 is 1.00 bits per heavy atom. The van der Waals surface area contributed by atoms with Crippen LogP contribution in [-0.2, 0) is 0 Å². The van der Waals surface area contributed by atoms with E-state index in [1.807, 2.05) is 36.4 Å². The summed E-state index contributed by atoms with van der Waals surface area (Å²) in [6.07, 6.45) is 1.68. The van der Waals surface area contributed by atoms with Gasteiger partial charge < -0.3 is 15.2 Å². The number of fused-ring (bicyclic) bond motifs is 1. The van der Waals surface area contributed by atoms with Crippen molar-refractivity contribution in [2.75, 3.05) is 12.8 Å². The first-order valence-corrected chi connectivity index (χ1v) is 8.89. The Kier molecular flexibility index (Phi) is 4.18. The molecule has 26 heavy (non-hydrogen) atoms. The number of anilines is 1. The Morgan fingerprint density at radius 3 is 2.62 bits per heavy atom. The number of ether oxygens (including phenoxy) is 2. The number of nitrogens with two attached hydrogens (primary N) is 1. The summed E-state index contributed by atoms with van der Waals surface area (Å²) in [5.74, 6) is 2.56. The second-order valence-corrected chi connectivity index (χ2v) is 6.85. The van der Waals surface area contributed by atoms with Crippen LogP contribution in [0.1, 0.15) is 5.56 Å². The molecule has 0 spiro atoms. The molecule has 2 aromatic heterocycles. The van der Waals surface area contributed by atoms with Crippen LogP contribution in [0.25, 0.3) is 20.7 Å². The summed E-state index contributed by atoms with van der Waals surface area (Å²) in [6.45, 7) is 2.09. The lowest BCUT2D eigenvalue weighted by Crippen LogP contribution is -1.94. The maximum Gasteiger partial charge on any atom is 0.220 e. The maximum atomic E-state index is 6.00. The molecule has 0 aliphatic heterocycles. The van der Waals surface area contributed by atoms with Crippen molar-refractivity contribution in [1.82, 2.24) is 9.97 Å². The molecule has 4 aromatic rings. The lowest BCUT2D eigenvalue weighted by molar-refractivity contribution is 0.409. The van der Waals surface area contributed by atoms with Gasteiger partial charge in [0.05, 0.1) is 17.7 Å². The number of hydrogen-bond donors (Lipinski definition) is 1. The topological polar surface area (TPSA) is 70.3 Å². The van der Waals surface area contributed by atoms with Crippen molar-refractivity contribution in [2.24, 2.45) is 0 Å². The van der Waals surface area contributed by atoms with Gasteiger partial charge in [-0.15, -0.1) is 11.3 Å². The van der Waals surface area contributed by atoms with Crippen molar-refractivity contribution >= 4 is 27.4 Å². The van der Waals surface area contributed by atoms with Gasteiger partial charge in [-0.05, 0) is 54.3 Å². The van der Waals surface area contributed by atoms with E-state index in [0.717, 1.165) is 38.8 Å². The van der Waals surface area contributed by atoms with Crippen molar-refractivity contribution in [2.45, 2.75) is 6.92 Å². The van der Waals surface area contributed by atoms with Gasteiger partial charge in [0.1, 0.15) is 17.2 Å². The number of hydrogen-bond acceptors (Lipinski definition) is 6. The van der Waals surface area contributed by atoms with E-state index in [1.54, 1.807) is 24.6 Å². The van der Waals surface area contributed by atoms with E-state index in [4.69, 9.17) is 15.2 Å². The van der Waals surface area contributed by atoms with Gasteiger partial charge in [-0.2, -0.15) is 0 Å². The van der Waals surface area contributed by atoms with Crippen LogP contribution in [-0.4, -0.2) is 17.1 Å². The van der Waals surface area contributed by atoms with Gasteiger partial charge in [0.15, 0.2) is 0 Å². The van der Waals surface area contributed by atoms with Crippen LogP contribution in [0, 0.1) is 6.92 Å². The zero-order valence-corrected chi connectivity index (χ0v) is 15.2. The lowest BCUT2D eigenvalue weighted by atomic mass is 10.1. The highest BCUT2D eigenvalue weighted by molar-refractivity contribution is 7.22. The van der Waals surface area contributed by atoms with E-state index < -0.39 is 0 Å². The van der Waals surface area contributed by atoms with Crippen LogP contribution in [0.2, 0.25) is 0 Å². The Hall–Kier alpha value is -3.12. The minimum absolute atomic E-state index is 0.279. The van der Waals surface area contributed by atoms with Gasteiger partial charge in [-0.1, -0.05) is 6.07 Å². The Labute approximate surface area is 155 Å². The first kappa shape index (κ1) is 16.4. The van der Waals surface area contributed by atoms with Crippen LogP contribution in [0.3, 0.4) is 0 Å². The number of nitrogens with zero attached hydrogens (tertiary/aromatic N) is 2. The van der Waals surface area contributed by atoms with Crippen molar-refractivity contribution in [3.05, 3.63) is 60.3 Å². The van der Waals surface area contributed by atoms with E-state index in [-0.39, 0.29) is 5.95 Å². The van der Waals surface area contributed by atoms with E-state index in [2.05, 4.69) is 29.0 Å². The predicted molar refractivity (Wildman–Crippen MR) is 105 cm³/mol. The van der Waals surface area contributed by atoms with Crippen LogP contribution in [0.15, 0.2) is 54.7 Å². The Morgan fingerprint density at radius 2 is 1.81 bits per heavy atom. The number of benzene rings is 2. The second-order valence-electron chi connectivity index (χ2n) is 5.80. The normalized spacial score (nSPS) is 10.8. The summed E-state index contributed by atoms with van der Waals surface area (Å²) in [4.78, 5) is 9.40. The summed E-state index contributed by atoms with van der Waals surface area (Å²) in [6, 6.07) is 15.5. The van der Waals surface area contributed by atoms with Crippen LogP contribution in [0.4, 0.5) is 5.95 Å². The zero-order valence-electron chi connectivity index (χ0n) is 14.4. The maximum absolute atomic E-state index is 6.00. The fourth-order valence-electron chi connectivity index (χ4n) is 2.81. The molecule has 0 saturated heterocycles. The van der Waals surface area contributed by atoms with Crippen LogP contribution >= 0.6 is 11.3 Å². The molecule has 0 atom stereocenters. The number of aryl methyl sites for hydroxylation is 1. The fourth-order valence-corrected chi connectivity index (χ4v) is 3.97. The SMILES string of the molecule is COc1cccc(Oc2ccc3sc(-c4ccnc(N)n4)c(C)c3c2)c1. The molecule has 0 amide bonds. The minimum Gasteiger partial charge on any atom is -0.497 e. The highest BCUT2D eigenvalue weighted by Gasteiger charge is 2.13. The molecule has 0 aliphatic carbocycles. The smallest absolute Gasteiger partial charge is 0.220 e. The number of thiophene rings is 1. The van der Waals surface area contributed by atoms with Gasteiger partial charge >= 0.3 is 0 Å². The molecule has 0 aliphatic rings. The highest BCUT2D eigenvalue weighted by Crippen LogP contribution is 2.39. The molecule has 0 radical (unpaired) electrons. The first-order chi connectivity index (χ1) is 12.6. The van der Waals surface area contributed by atoms with Crippen LogP contribution in [0.5, 0.6) is 17.2 Å². The minimum atomic E-state index is 0.279. The standard InChI is InChI=1S/C20H17N3O2S/c1-12-16-11-15(25-14-5-3-4-13(10-14)24-2)6-7-18(16)26-19(12)17-8-9-22-20(21)23-17/h3-11H,1-2H3,(H2,21,22,23). The molecular formula is C20H17N3O2S. The largest absolute Gasteiger partial charge is 0.497 e. The van der Waals surface area contributed by atoms with E-state index >= 15 is 0 Å². The van der Waals surface area contributed by atoms with Gasteiger partial charge in [0.2, 0.25) is 5.95 Å². The average Bonchev–Trinajstić information content (AvgIpc) is 2.98. The first-order valence-electron chi connectivity index (χ1n) is 8.08. The third kappa shape index (κ3) is 3.07. The molecule has 6 heteroatoms. The van der Waals surface area contributed by atoms with Gasteiger partial charge in [-0.3, -0.25) is 0 Å². The van der Waals surface area contributed by atoms with Gasteiger partial charge in [0, 0.05) is 17.0 Å². The fraction of sp³-hybridized carbons (Fsp3) is 0.100. The summed E-state index contributed by atoms with van der Waals surface area (Å²) < 4.78 is 12.4. The van der Waals surface area contributed by atoms with E-state index in [1.165, 1.54) is 4.70 Å². The quantitative estimate of drug-likeness (QED) is 0.549. The summed E-state index contributed by atoms with van der Waals surface area (Å²) in [5, 5.41) is 1.14. The molecule has 0 unspecified atom stereocenters. The van der Waals surface area contributed by atoms with Crippen molar-refractivity contribution < 1.29 is 9.47 Å². The molecule has 4 rings (SSSR count). The summed E-state index contributed by atoms with van der Waals surface area (Å²) >= 11 is 1.69. The molecule has 2 aromatic carbocycles. The lowest BCUT2D eigenvalue weighted by Gasteiger charge is -2.07. The summed E-state index contributed by atoms with van der Waals surface area (Å²) in [5.41, 5.74) is 7.72. The number of rotatable bonds is 4. The molecule has 5 nitrogen and oxygen atoms in total. The predicted octanol–water partition coefficient (Wildman–Crippen LogP) is 5.05. The molecule has 0 fully saturated rings. The molecule has 130 valence electrons. The van der Waals surface area contributed by atoms with E-state index in [9.17, 15) is 0 Å². The average molecular weight is 363 g/mol. The molecule has 2 heterocycles. The van der Waals surface area contributed by atoms with Gasteiger partial charge in [0.25, 0.3) is 0 Å². The highest BCUT2D eigenvalue weighted by atomic mass is 32.1. The Balaban J connectivity index is 1.72. The van der Waals surface area contributed by atoms with Gasteiger partial charge in [-0.25, -0.2) is 9.97 Å². The number of nitrogen functional groups attached to an aromatic ring is 1. The molecule has 2 N–H and O–H groups in total. The van der Waals surface area contributed by atoms with Crippen LogP contribution < -0.4 is 15.2 Å². The van der Waals surface area contributed by atoms with Crippen molar-refractivity contribution in [3.63, 3.8) is 0 Å². The zero-order chi connectivity index (χ0) is 18.1. The number of aromatic nitrogens is 2.